The van der Waals surface area contributed by atoms with Crippen LogP contribution in [0.2, 0.25) is 0 Å². The van der Waals surface area contributed by atoms with E-state index in [1.54, 1.807) is 45.0 Å². The maximum absolute atomic E-state index is 14.5. The molecule has 1 fully saturated rings. The molecule has 1 aromatic rings. The highest BCUT2D eigenvalue weighted by atomic mass is 19.1. The van der Waals surface area contributed by atoms with Crippen LogP contribution in [0.15, 0.2) is 24.3 Å². The van der Waals surface area contributed by atoms with Crippen LogP contribution in [-0.2, 0) is 4.74 Å². The molecule has 1 aliphatic heterocycles. The topological polar surface area (TPSA) is 70.0 Å². The predicted octanol–water partition coefficient (Wildman–Crippen LogP) is 1.43. The van der Waals surface area contributed by atoms with Crippen molar-refractivity contribution in [2.24, 2.45) is 0 Å². The van der Waals surface area contributed by atoms with E-state index in [2.05, 4.69) is 0 Å². The van der Waals surface area contributed by atoms with Crippen molar-refractivity contribution in [2.45, 2.75) is 44.9 Å². The van der Waals surface area contributed by atoms with Crippen molar-refractivity contribution in [3.8, 4) is 0 Å². The second-order valence-corrected chi connectivity index (χ2v) is 6.88. The summed E-state index contributed by atoms with van der Waals surface area (Å²) in [6.07, 6.45) is -1.17. The fourth-order valence-electron chi connectivity index (χ4n) is 2.69. The molecule has 2 N–H and O–H groups in total. The monoisotopic (exact) mass is 323 g/mol. The third-order valence-electron chi connectivity index (χ3n) is 3.86. The highest BCUT2D eigenvalue weighted by molar-refractivity contribution is 6.58. The minimum atomic E-state index is -1.53. The lowest BCUT2D eigenvalue weighted by atomic mass is 9.78. The van der Waals surface area contributed by atoms with Crippen LogP contribution in [0, 0.1) is 0 Å². The van der Waals surface area contributed by atoms with E-state index in [1.165, 1.54) is 4.90 Å². The Morgan fingerprint density at radius 2 is 1.91 bits per heavy atom. The summed E-state index contributed by atoms with van der Waals surface area (Å²) >= 11 is 0. The van der Waals surface area contributed by atoms with E-state index in [0.717, 1.165) is 5.56 Å². The number of hydrogen-bond acceptors (Lipinski definition) is 4. The van der Waals surface area contributed by atoms with E-state index in [4.69, 9.17) is 14.8 Å². The fourth-order valence-corrected chi connectivity index (χ4v) is 2.69. The molecular formula is C16H23BFNO4. The number of carbonyl (C=O) groups excluding carboxylic acids is 1. The molecule has 1 aliphatic rings. The molecule has 0 unspecified atom stereocenters. The largest absolute Gasteiger partial charge is 0.488 e. The van der Waals surface area contributed by atoms with Crippen LogP contribution in [0.5, 0.6) is 0 Å². The number of nitrogens with zero attached hydrogens (tertiary/aromatic N) is 1. The van der Waals surface area contributed by atoms with Crippen molar-refractivity contribution in [1.82, 2.24) is 4.90 Å². The zero-order valence-electron chi connectivity index (χ0n) is 13.7. The van der Waals surface area contributed by atoms with Crippen LogP contribution in [0.4, 0.5) is 9.18 Å². The summed E-state index contributed by atoms with van der Waals surface area (Å²) in [5.74, 6) is -0.307. The maximum atomic E-state index is 14.5. The fraction of sp³-hybridized carbons (Fsp3) is 0.562. The summed E-state index contributed by atoms with van der Waals surface area (Å²) in [5.41, 5.74) is 0.571. The number of carbonyl (C=O) groups is 1. The van der Waals surface area contributed by atoms with Crippen molar-refractivity contribution in [3.05, 3.63) is 29.8 Å². The second-order valence-electron chi connectivity index (χ2n) is 6.88. The Hall–Kier alpha value is -1.60. The van der Waals surface area contributed by atoms with Gasteiger partial charge in [-0.3, -0.25) is 0 Å². The normalized spacial score (nSPS) is 21.9. The Morgan fingerprint density at radius 1 is 1.30 bits per heavy atom. The van der Waals surface area contributed by atoms with Gasteiger partial charge in [-0.05, 0) is 38.2 Å². The minimum absolute atomic E-state index is 0.00393. The average molecular weight is 323 g/mol. The number of halogens is 1. The molecule has 5 nitrogen and oxygen atoms in total. The molecule has 23 heavy (non-hydrogen) atoms. The third kappa shape index (κ3) is 4.69. The first-order valence-electron chi connectivity index (χ1n) is 7.75. The van der Waals surface area contributed by atoms with Gasteiger partial charge in [0, 0.05) is 12.5 Å². The Balaban J connectivity index is 2.00. The Kier molecular flexibility index (Phi) is 5.32. The zero-order chi connectivity index (χ0) is 17.2. The summed E-state index contributed by atoms with van der Waals surface area (Å²) in [7, 11) is -1.53. The summed E-state index contributed by atoms with van der Waals surface area (Å²) in [5, 5.41) is 18.2. The predicted molar refractivity (Wildman–Crippen MR) is 86.3 cm³/mol. The van der Waals surface area contributed by atoms with Crippen molar-refractivity contribution in [1.29, 1.82) is 0 Å². The molecule has 2 rings (SSSR count). The Labute approximate surface area is 136 Å². The van der Waals surface area contributed by atoms with Crippen LogP contribution in [-0.4, -0.2) is 53.0 Å². The van der Waals surface area contributed by atoms with Crippen LogP contribution < -0.4 is 5.46 Å². The highest BCUT2D eigenvalue weighted by Gasteiger charge is 2.34. The van der Waals surface area contributed by atoms with Gasteiger partial charge in [-0.25, -0.2) is 9.18 Å². The standard InChI is InChI=1S/C16H23BFNO4/c1-16(2,3)23-15(20)19-9-8-13(14(18)10-19)11-4-6-12(7-5-11)17(21)22/h4-7,13-14,21-22H,8-10H2,1-3H3/t13-,14-/m0/s1. The van der Waals surface area contributed by atoms with Gasteiger partial charge in [0.05, 0.1) is 6.54 Å². The first-order chi connectivity index (χ1) is 10.7. The average Bonchev–Trinajstić information content (AvgIpc) is 2.45. The molecule has 0 saturated carbocycles. The van der Waals surface area contributed by atoms with Gasteiger partial charge in [0.2, 0.25) is 0 Å². The molecule has 0 aliphatic carbocycles. The lowest BCUT2D eigenvalue weighted by molar-refractivity contribution is 0.0111. The molecule has 1 heterocycles. The van der Waals surface area contributed by atoms with Gasteiger partial charge in [0.25, 0.3) is 0 Å². The van der Waals surface area contributed by atoms with Gasteiger partial charge in [0.15, 0.2) is 0 Å². The van der Waals surface area contributed by atoms with Crippen LogP contribution in [0.25, 0.3) is 0 Å². The van der Waals surface area contributed by atoms with E-state index in [-0.39, 0.29) is 12.5 Å². The van der Waals surface area contributed by atoms with Crippen LogP contribution in [0.1, 0.15) is 38.7 Å². The van der Waals surface area contributed by atoms with Crippen molar-refractivity contribution in [2.75, 3.05) is 13.1 Å². The van der Waals surface area contributed by atoms with Gasteiger partial charge in [-0.2, -0.15) is 0 Å². The third-order valence-corrected chi connectivity index (χ3v) is 3.86. The van der Waals surface area contributed by atoms with Crippen molar-refractivity contribution < 1.29 is 24.0 Å². The van der Waals surface area contributed by atoms with Gasteiger partial charge >= 0.3 is 13.2 Å². The molecule has 1 aromatic carbocycles. The van der Waals surface area contributed by atoms with Gasteiger partial charge < -0.3 is 19.7 Å². The van der Waals surface area contributed by atoms with Gasteiger partial charge in [0.1, 0.15) is 11.8 Å². The van der Waals surface area contributed by atoms with E-state index in [9.17, 15) is 9.18 Å². The number of benzene rings is 1. The molecule has 126 valence electrons. The summed E-state index contributed by atoms with van der Waals surface area (Å²) in [4.78, 5) is 13.4. The minimum Gasteiger partial charge on any atom is -0.444 e. The molecule has 2 atom stereocenters. The van der Waals surface area contributed by atoms with E-state index < -0.39 is 25.0 Å². The number of ether oxygens (including phenoxy) is 1. The number of alkyl halides is 1. The molecule has 7 heteroatoms. The smallest absolute Gasteiger partial charge is 0.444 e. The number of amides is 1. The zero-order valence-corrected chi connectivity index (χ0v) is 13.7. The first-order valence-corrected chi connectivity index (χ1v) is 7.75. The number of likely N-dealkylation sites (tertiary alicyclic amines) is 1. The Morgan fingerprint density at radius 3 is 2.39 bits per heavy atom. The second kappa shape index (κ2) is 6.89. The Bertz CT molecular complexity index is 544. The molecule has 0 bridgehead atoms. The van der Waals surface area contributed by atoms with E-state index >= 15 is 0 Å². The number of piperidine rings is 1. The maximum Gasteiger partial charge on any atom is 0.488 e. The van der Waals surface area contributed by atoms with Crippen LogP contribution in [0.3, 0.4) is 0 Å². The van der Waals surface area contributed by atoms with Gasteiger partial charge in [-0.1, -0.05) is 24.3 Å². The first kappa shape index (κ1) is 17.8. The van der Waals surface area contributed by atoms with Crippen molar-refractivity contribution >= 4 is 18.7 Å². The van der Waals surface area contributed by atoms with Gasteiger partial charge in [-0.15, -0.1) is 0 Å². The SMILES string of the molecule is CC(C)(C)OC(=O)N1CC[C@@H](c2ccc(B(O)O)cc2)[C@@H](F)C1. The van der Waals surface area contributed by atoms with Crippen LogP contribution >= 0.6 is 0 Å². The highest BCUT2D eigenvalue weighted by Crippen LogP contribution is 2.30. The molecule has 0 aromatic heterocycles. The quantitative estimate of drug-likeness (QED) is 0.808. The molecule has 0 radical (unpaired) electrons. The summed E-state index contributed by atoms with van der Waals surface area (Å²) in [6, 6.07) is 6.56. The summed E-state index contributed by atoms with van der Waals surface area (Å²) in [6.45, 7) is 5.78. The molecule has 1 saturated heterocycles. The number of hydrogen-bond donors (Lipinski definition) is 2. The van der Waals surface area contributed by atoms with E-state index in [0.29, 0.717) is 18.4 Å². The van der Waals surface area contributed by atoms with E-state index in [1.807, 2.05) is 0 Å². The number of rotatable bonds is 2. The lowest BCUT2D eigenvalue weighted by Gasteiger charge is -2.35. The molecule has 0 spiro atoms. The molecular weight excluding hydrogens is 300 g/mol. The molecule has 1 amide bonds. The van der Waals surface area contributed by atoms with Crippen molar-refractivity contribution in [3.63, 3.8) is 0 Å². The summed E-state index contributed by atoms with van der Waals surface area (Å²) < 4.78 is 19.8. The lowest BCUT2D eigenvalue weighted by Crippen LogP contribution is -2.46.